The van der Waals surface area contributed by atoms with Crippen molar-refractivity contribution in [2.24, 2.45) is 0 Å². The van der Waals surface area contributed by atoms with E-state index in [0.29, 0.717) is 6.29 Å². The second kappa shape index (κ2) is 4.25. The van der Waals surface area contributed by atoms with Crippen LogP contribution in [0.2, 0.25) is 0 Å². The van der Waals surface area contributed by atoms with Gasteiger partial charge < -0.3 is 9.90 Å². The quantitative estimate of drug-likeness (QED) is 0.811. The number of benzene rings is 1. The van der Waals surface area contributed by atoms with Crippen LogP contribution in [-0.2, 0) is 17.4 Å². The molecule has 1 rings (SSSR count). The molecule has 1 aromatic rings. The summed E-state index contributed by atoms with van der Waals surface area (Å²) in [5.41, 5.74) is -2.15. The van der Waals surface area contributed by atoms with E-state index in [1.54, 1.807) is 0 Å². The van der Waals surface area contributed by atoms with Crippen molar-refractivity contribution in [3.05, 3.63) is 35.4 Å². The highest BCUT2D eigenvalue weighted by Gasteiger charge is 2.31. The molecule has 0 amide bonds. The normalized spacial score (nSPS) is 15.6. The number of hydrogen-bond donors (Lipinski definition) is 1. The molecule has 0 saturated heterocycles. The van der Waals surface area contributed by atoms with Crippen LogP contribution in [0, 0.1) is 0 Å². The second-order valence-electron chi connectivity index (χ2n) is 3.85. The van der Waals surface area contributed by atoms with Crippen LogP contribution in [0.25, 0.3) is 0 Å². The second-order valence-corrected chi connectivity index (χ2v) is 3.85. The monoisotopic (exact) mass is 232 g/mol. The highest BCUT2D eigenvalue weighted by atomic mass is 19.4. The Bertz CT molecular complexity index is 383. The summed E-state index contributed by atoms with van der Waals surface area (Å²) in [6.07, 6.45) is -4.24. The first kappa shape index (κ1) is 12.7. The van der Waals surface area contributed by atoms with Crippen LogP contribution < -0.4 is 0 Å². The van der Waals surface area contributed by atoms with Gasteiger partial charge in [-0.2, -0.15) is 13.2 Å². The van der Waals surface area contributed by atoms with E-state index in [1.807, 2.05) is 0 Å². The molecule has 1 aromatic carbocycles. The van der Waals surface area contributed by atoms with E-state index in [-0.39, 0.29) is 12.0 Å². The minimum Gasteiger partial charge on any atom is -0.382 e. The van der Waals surface area contributed by atoms with Gasteiger partial charge in [0.05, 0.1) is 5.56 Å². The van der Waals surface area contributed by atoms with Gasteiger partial charge in [0.1, 0.15) is 5.60 Å². The van der Waals surface area contributed by atoms with Crippen molar-refractivity contribution in [1.82, 2.24) is 0 Å². The van der Waals surface area contributed by atoms with Crippen molar-refractivity contribution in [2.75, 3.05) is 0 Å². The maximum absolute atomic E-state index is 12.4. The van der Waals surface area contributed by atoms with Crippen LogP contribution in [0.4, 0.5) is 13.2 Å². The minimum atomic E-state index is -4.41. The van der Waals surface area contributed by atoms with Gasteiger partial charge >= 0.3 is 6.18 Å². The fourth-order valence-corrected chi connectivity index (χ4v) is 1.31. The van der Waals surface area contributed by atoms with E-state index in [1.165, 1.54) is 19.1 Å². The van der Waals surface area contributed by atoms with E-state index in [2.05, 4.69) is 0 Å². The summed E-state index contributed by atoms with van der Waals surface area (Å²) in [6.45, 7) is 1.25. The van der Waals surface area contributed by atoms with Gasteiger partial charge in [-0.15, -0.1) is 0 Å². The number of hydrogen-bond acceptors (Lipinski definition) is 2. The summed E-state index contributed by atoms with van der Waals surface area (Å²) < 4.78 is 37.1. The Hall–Kier alpha value is -1.36. The third-order valence-corrected chi connectivity index (χ3v) is 2.07. The molecule has 16 heavy (non-hydrogen) atoms. The molecule has 0 bridgehead atoms. The SMILES string of the molecule is CC(O)(C=O)Cc1cccc(C(F)(F)F)c1. The Labute approximate surface area is 90.7 Å². The van der Waals surface area contributed by atoms with Crippen molar-refractivity contribution in [1.29, 1.82) is 0 Å². The van der Waals surface area contributed by atoms with Gasteiger partial charge in [-0.1, -0.05) is 18.2 Å². The summed E-state index contributed by atoms with van der Waals surface area (Å²) >= 11 is 0. The van der Waals surface area contributed by atoms with Crippen molar-refractivity contribution in [2.45, 2.75) is 25.1 Å². The van der Waals surface area contributed by atoms with Crippen LogP contribution in [0.15, 0.2) is 24.3 Å². The molecule has 5 heteroatoms. The molecular formula is C11H11F3O2. The first-order chi connectivity index (χ1) is 7.24. The Morgan fingerprint density at radius 1 is 1.38 bits per heavy atom. The van der Waals surface area contributed by atoms with E-state index in [0.717, 1.165) is 12.1 Å². The molecule has 88 valence electrons. The smallest absolute Gasteiger partial charge is 0.382 e. The average Bonchev–Trinajstić information content (AvgIpc) is 2.16. The van der Waals surface area contributed by atoms with Crippen LogP contribution in [-0.4, -0.2) is 17.0 Å². The molecule has 0 spiro atoms. The van der Waals surface area contributed by atoms with Gasteiger partial charge in [0, 0.05) is 6.42 Å². The molecule has 0 heterocycles. The average molecular weight is 232 g/mol. The predicted molar refractivity (Wildman–Crippen MR) is 51.8 cm³/mol. The Balaban J connectivity index is 2.96. The third kappa shape index (κ3) is 3.34. The van der Waals surface area contributed by atoms with Crippen LogP contribution >= 0.6 is 0 Å². The van der Waals surface area contributed by atoms with Gasteiger partial charge in [0.25, 0.3) is 0 Å². The summed E-state index contributed by atoms with van der Waals surface area (Å²) in [5.74, 6) is 0. The standard InChI is InChI=1S/C11H11F3O2/c1-10(16,7-15)6-8-3-2-4-9(5-8)11(12,13)14/h2-5,7,16H,6H2,1H3. The topological polar surface area (TPSA) is 37.3 Å². The summed E-state index contributed by atoms with van der Waals surface area (Å²) in [5, 5.41) is 9.42. The summed E-state index contributed by atoms with van der Waals surface area (Å²) in [4.78, 5) is 10.4. The van der Waals surface area contributed by atoms with Gasteiger partial charge in [0.2, 0.25) is 0 Å². The summed E-state index contributed by atoms with van der Waals surface area (Å²) in [7, 11) is 0. The van der Waals surface area contributed by atoms with Gasteiger partial charge in [-0.3, -0.25) is 0 Å². The lowest BCUT2D eigenvalue weighted by molar-refractivity contribution is -0.137. The first-order valence-electron chi connectivity index (χ1n) is 4.59. The van der Waals surface area contributed by atoms with Crippen LogP contribution in [0.1, 0.15) is 18.1 Å². The molecule has 1 unspecified atom stereocenters. The molecule has 0 aliphatic heterocycles. The number of alkyl halides is 3. The molecule has 0 radical (unpaired) electrons. The third-order valence-electron chi connectivity index (χ3n) is 2.07. The van der Waals surface area contributed by atoms with E-state index in [9.17, 15) is 23.1 Å². The lowest BCUT2D eigenvalue weighted by Gasteiger charge is -2.16. The van der Waals surface area contributed by atoms with Crippen molar-refractivity contribution < 1.29 is 23.1 Å². The highest BCUT2D eigenvalue weighted by Crippen LogP contribution is 2.30. The number of rotatable bonds is 3. The Morgan fingerprint density at radius 3 is 2.50 bits per heavy atom. The predicted octanol–water partition coefficient (Wildman–Crippen LogP) is 2.20. The van der Waals surface area contributed by atoms with E-state index < -0.39 is 17.3 Å². The number of carbonyl (C=O) groups excluding carboxylic acids is 1. The molecule has 2 nitrogen and oxygen atoms in total. The molecule has 0 fully saturated rings. The first-order valence-corrected chi connectivity index (χ1v) is 4.59. The lowest BCUT2D eigenvalue weighted by Crippen LogP contribution is -2.28. The fourth-order valence-electron chi connectivity index (χ4n) is 1.31. The number of aliphatic hydroxyl groups is 1. The van der Waals surface area contributed by atoms with Crippen molar-refractivity contribution in [3.8, 4) is 0 Å². The van der Waals surface area contributed by atoms with Crippen molar-refractivity contribution in [3.63, 3.8) is 0 Å². The Kier molecular flexibility index (Phi) is 3.38. The van der Waals surface area contributed by atoms with Gasteiger partial charge in [0.15, 0.2) is 6.29 Å². The number of halogens is 3. The molecule has 0 saturated carbocycles. The minimum absolute atomic E-state index is 0.138. The van der Waals surface area contributed by atoms with Crippen molar-refractivity contribution >= 4 is 6.29 Å². The number of aldehydes is 1. The fraction of sp³-hybridized carbons (Fsp3) is 0.364. The van der Waals surface area contributed by atoms with E-state index in [4.69, 9.17) is 0 Å². The zero-order valence-electron chi connectivity index (χ0n) is 8.58. The summed E-state index contributed by atoms with van der Waals surface area (Å²) in [6, 6.07) is 4.56. The maximum Gasteiger partial charge on any atom is 0.416 e. The molecule has 0 aromatic heterocycles. The van der Waals surface area contributed by atoms with Gasteiger partial charge in [-0.05, 0) is 18.6 Å². The van der Waals surface area contributed by atoms with E-state index >= 15 is 0 Å². The van der Waals surface area contributed by atoms with Crippen LogP contribution in [0.5, 0.6) is 0 Å². The Morgan fingerprint density at radius 2 is 2.00 bits per heavy atom. The largest absolute Gasteiger partial charge is 0.416 e. The molecule has 1 atom stereocenters. The van der Waals surface area contributed by atoms with Gasteiger partial charge in [-0.25, -0.2) is 0 Å². The number of carbonyl (C=O) groups is 1. The molecular weight excluding hydrogens is 221 g/mol. The molecule has 0 aliphatic rings. The zero-order valence-corrected chi connectivity index (χ0v) is 8.58. The zero-order chi connectivity index (χ0) is 12.4. The lowest BCUT2D eigenvalue weighted by atomic mass is 9.97. The molecule has 0 aliphatic carbocycles. The highest BCUT2D eigenvalue weighted by molar-refractivity contribution is 5.62. The van der Waals surface area contributed by atoms with Crippen LogP contribution in [0.3, 0.4) is 0 Å². The maximum atomic E-state index is 12.4. The molecule has 1 N–H and O–H groups in total.